The molecule has 0 aliphatic heterocycles. The van der Waals surface area contributed by atoms with Crippen molar-refractivity contribution in [3.63, 3.8) is 0 Å². The second kappa shape index (κ2) is 7.56. The Labute approximate surface area is 180 Å². The van der Waals surface area contributed by atoms with Gasteiger partial charge in [0.15, 0.2) is 0 Å². The molecule has 5 rings (SSSR count). The van der Waals surface area contributed by atoms with Gasteiger partial charge in [0.1, 0.15) is 0 Å². The Morgan fingerprint density at radius 3 is 2.32 bits per heavy atom. The van der Waals surface area contributed by atoms with E-state index in [2.05, 4.69) is 22.2 Å². The number of benzene rings is 4. The van der Waals surface area contributed by atoms with Crippen molar-refractivity contribution < 1.29 is 13.2 Å². The third-order valence-corrected chi connectivity index (χ3v) is 6.95. The Hall–Kier alpha value is -3.64. The summed E-state index contributed by atoms with van der Waals surface area (Å²) >= 11 is 0. The molecule has 0 bridgehead atoms. The minimum absolute atomic E-state index is 0.165. The highest BCUT2D eigenvalue weighted by Gasteiger charge is 2.18. The second-order valence-corrected chi connectivity index (χ2v) is 9.25. The maximum absolute atomic E-state index is 12.9. The van der Waals surface area contributed by atoms with Gasteiger partial charge in [-0.05, 0) is 65.8 Å². The standard InChI is InChI=1S/C25H20N2O3S/c28-25(26-23-15-14-18-13-12-17-6-5-11-22(23)24(17)18)19-7-4-8-20(16-19)27-31(29,30)21-9-2-1-3-10-21/h1-11,14-16,27H,12-13H2,(H,26,28). The van der Waals surface area contributed by atoms with Gasteiger partial charge >= 0.3 is 0 Å². The molecule has 0 heterocycles. The number of sulfonamides is 1. The molecule has 4 aromatic carbocycles. The monoisotopic (exact) mass is 428 g/mol. The molecule has 6 heteroatoms. The van der Waals surface area contributed by atoms with Crippen molar-refractivity contribution in [1.82, 2.24) is 0 Å². The summed E-state index contributed by atoms with van der Waals surface area (Å²) in [4.78, 5) is 13.1. The Balaban J connectivity index is 1.41. The summed E-state index contributed by atoms with van der Waals surface area (Å²) in [6, 6.07) is 24.8. The third kappa shape index (κ3) is 3.66. The van der Waals surface area contributed by atoms with Crippen molar-refractivity contribution in [3.05, 3.63) is 102 Å². The summed E-state index contributed by atoms with van der Waals surface area (Å²) in [5.74, 6) is -0.292. The molecule has 0 radical (unpaired) electrons. The van der Waals surface area contributed by atoms with Crippen molar-refractivity contribution in [2.75, 3.05) is 10.0 Å². The van der Waals surface area contributed by atoms with Gasteiger partial charge in [-0.25, -0.2) is 8.42 Å². The van der Waals surface area contributed by atoms with Crippen LogP contribution in [0.2, 0.25) is 0 Å². The number of carbonyl (C=O) groups excluding carboxylic acids is 1. The summed E-state index contributed by atoms with van der Waals surface area (Å²) < 4.78 is 27.7. The zero-order valence-corrected chi connectivity index (χ0v) is 17.4. The lowest BCUT2D eigenvalue weighted by Gasteiger charge is -2.12. The molecular formula is C25H20N2O3S. The van der Waals surface area contributed by atoms with Crippen LogP contribution in [0.25, 0.3) is 10.8 Å². The Morgan fingerprint density at radius 1 is 0.774 bits per heavy atom. The van der Waals surface area contributed by atoms with E-state index in [1.165, 1.54) is 34.7 Å². The van der Waals surface area contributed by atoms with Gasteiger partial charge in [-0.3, -0.25) is 9.52 Å². The third-order valence-electron chi connectivity index (χ3n) is 5.56. The minimum Gasteiger partial charge on any atom is -0.321 e. The van der Waals surface area contributed by atoms with Crippen LogP contribution >= 0.6 is 0 Å². The molecule has 5 nitrogen and oxygen atoms in total. The fourth-order valence-corrected chi connectivity index (χ4v) is 5.16. The number of hydrogen-bond acceptors (Lipinski definition) is 3. The SMILES string of the molecule is O=C(Nc1ccc2c3c(cccc13)CC2)c1cccc(NS(=O)(=O)c2ccccc2)c1. The first-order valence-electron chi connectivity index (χ1n) is 10.0. The summed E-state index contributed by atoms with van der Waals surface area (Å²) in [5, 5.41) is 5.24. The van der Waals surface area contributed by atoms with E-state index in [4.69, 9.17) is 0 Å². The van der Waals surface area contributed by atoms with Crippen molar-refractivity contribution in [2.45, 2.75) is 17.7 Å². The van der Waals surface area contributed by atoms with Crippen LogP contribution in [0.3, 0.4) is 0 Å². The Bertz CT molecular complexity index is 1400. The molecule has 0 spiro atoms. The van der Waals surface area contributed by atoms with Gasteiger partial charge in [-0.2, -0.15) is 0 Å². The molecule has 4 aromatic rings. The lowest BCUT2D eigenvalue weighted by atomic mass is 10.0. The summed E-state index contributed by atoms with van der Waals surface area (Å²) in [6.45, 7) is 0. The van der Waals surface area contributed by atoms with Crippen LogP contribution in [0.15, 0.2) is 89.8 Å². The van der Waals surface area contributed by atoms with E-state index in [9.17, 15) is 13.2 Å². The number of carbonyl (C=O) groups is 1. The summed E-state index contributed by atoms with van der Waals surface area (Å²) in [5.41, 5.74) is 4.07. The normalized spacial score (nSPS) is 12.6. The average Bonchev–Trinajstić information content (AvgIpc) is 3.21. The maximum Gasteiger partial charge on any atom is 0.261 e. The molecule has 0 unspecified atom stereocenters. The molecule has 1 aliphatic rings. The fraction of sp³-hybridized carbons (Fsp3) is 0.0800. The second-order valence-electron chi connectivity index (χ2n) is 7.57. The van der Waals surface area contributed by atoms with E-state index in [0.29, 0.717) is 11.3 Å². The topological polar surface area (TPSA) is 75.3 Å². The number of amides is 1. The zero-order valence-electron chi connectivity index (χ0n) is 16.6. The Kier molecular flexibility index (Phi) is 4.71. The van der Waals surface area contributed by atoms with Crippen LogP contribution in [0, 0.1) is 0 Å². The summed E-state index contributed by atoms with van der Waals surface area (Å²) in [7, 11) is -3.73. The number of rotatable bonds is 5. The molecular weight excluding hydrogens is 408 g/mol. The predicted molar refractivity (Wildman–Crippen MR) is 123 cm³/mol. The molecule has 1 aliphatic carbocycles. The van der Waals surface area contributed by atoms with Crippen molar-refractivity contribution in [3.8, 4) is 0 Å². The van der Waals surface area contributed by atoms with Crippen molar-refractivity contribution >= 4 is 38.1 Å². The van der Waals surface area contributed by atoms with Gasteiger partial charge in [0, 0.05) is 22.3 Å². The van der Waals surface area contributed by atoms with E-state index in [0.717, 1.165) is 23.9 Å². The van der Waals surface area contributed by atoms with E-state index < -0.39 is 10.0 Å². The number of nitrogens with one attached hydrogen (secondary N) is 2. The van der Waals surface area contributed by atoms with E-state index in [1.807, 2.05) is 18.2 Å². The molecule has 154 valence electrons. The van der Waals surface area contributed by atoms with Gasteiger partial charge in [0.25, 0.3) is 15.9 Å². The molecule has 31 heavy (non-hydrogen) atoms. The van der Waals surface area contributed by atoms with Crippen LogP contribution in [0.4, 0.5) is 11.4 Å². The molecule has 0 atom stereocenters. The molecule has 0 saturated carbocycles. The van der Waals surface area contributed by atoms with E-state index in [1.54, 1.807) is 36.4 Å². The van der Waals surface area contributed by atoms with Crippen LogP contribution in [-0.2, 0) is 22.9 Å². The number of anilines is 2. The van der Waals surface area contributed by atoms with Crippen molar-refractivity contribution in [1.29, 1.82) is 0 Å². The van der Waals surface area contributed by atoms with E-state index >= 15 is 0 Å². The minimum atomic E-state index is -3.73. The van der Waals surface area contributed by atoms with Crippen LogP contribution in [-0.4, -0.2) is 14.3 Å². The first kappa shape index (κ1) is 19.3. The molecule has 0 fully saturated rings. The van der Waals surface area contributed by atoms with Crippen molar-refractivity contribution in [2.24, 2.45) is 0 Å². The highest BCUT2D eigenvalue weighted by Crippen LogP contribution is 2.35. The van der Waals surface area contributed by atoms with Gasteiger partial charge in [0.05, 0.1) is 4.90 Å². The predicted octanol–water partition coefficient (Wildman–Crippen LogP) is 4.99. The van der Waals surface area contributed by atoms with Gasteiger partial charge < -0.3 is 5.32 Å². The molecule has 2 N–H and O–H groups in total. The quantitative estimate of drug-likeness (QED) is 0.470. The molecule has 0 saturated heterocycles. The van der Waals surface area contributed by atoms with E-state index in [-0.39, 0.29) is 10.8 Å². The first-order chi connectivity index (χ1) is 15.0. The number of aryl methyl sites for hydroxylation is 2. The van der Waals surface area contributed by atoms with Gasteiger partial charge in [0.2, 0.25) is 0 Å². The zero-order chi connectivity index (χ0) is 21.4. The lowest BCUT2D eigenvalue weighted by Crippen LogP contribution is -2.15. The molecule has 0 aromatic heterocycles. The lowest BCUT2D eigenvalue weighted by molar-refractivity contribution is 0.102. The number of hydrogen-bond donors (Lipinski definition) is 2. The molecule has 1 amide bonds. The van der Waals surface area contributed by atoms with Gasteiger partial charge in [-0.15, -0.1) is 0 Å². The first-order valence-corrected chi connectivity index (χ1v) is 11.5. The average molecular weight is 429 g/mol. The largest absolute Gasteiger partial charge is 0.321 e. The highest BCUT2D eigenvalue weighted by atomic mass is 32.2. The summed E-state index contributed by atoms with van der Waals surface area (Å²) in [6.07, 6.45) is 2.04. The van der Waals surface area contributed by atoms with Gasteiger partial charge in [-0.1, -0.05) is 48.5 Å². The Morgan fingerprint density at radius 2 is 1.52 bits per heavy atom. The van der Waals surface area contributed by atoms with Crippen LogP contribution in [0.1, 0.15) is 21.5 Å². The van der Waals surface area contributed by atoms with Crippen LogP contribution in [0.5, 0.6) is 0 Å². The maximum atomic E-state index is 12.9. The highest BCUT2D eigenvalue weighted by molar-refractivity contribution is 7.92. The smallest absolute Gasteiger partial charge is 0.261 e. The fourth-order valence-electron chi connectivity index (χ4n) is 4.09. The van der Waals surface area contributed by atoms with Crippen LogP contribution < -0.4 is 10.0 Å².